The van der Waals surface area contributed by atoms with Crippen molar-refractivity contribution in [2.45, 2.75) is 32.2 Å². The molecule has 1 amide bonds. The molecule has 0 aromatic heterocycles. The predicted molar refractivity (Wildman–Crippen MR) is 119 cm³/mol. The molecule has 0 fully saturated rings. The number of hydrogen-bond acceptors (Lipinski definition) is 5. The SMILES string of the molecule is CC[C@H](NC(=O)CCCN(c1ccccc1)S(C)(=O)=O)c1ccc(OC)c(OC)c1. The van der Waals surface area contributed by atoms with Crippen molar-refractivity contribution in [1.29, 1.82) is 0 Å². The molecule has 0 radical (unpaired) electrons. The Hall–Kier alpha value is -2.74. The van der Waals surface area contributed by atoms with Crippen LogP contribution in [0, 0.1) is 0 Å². The molecule has 2 aromatic rings. The molecule has 7 nitrogen and oxygen atoms in total. The van der Waals surface area contributed by atoms with Gasteiger partial charge in [-0.25, -0.2) is 8.42 Å². The fourth-order valence-corrected chi connectivity index (χ4v) is 4.19. The van der Waals surface area contributed by atoms with Gasteiger partial charge in [0.15, 0.2) is 11.5 Å². The Morgan fingerprint density at radius 2 is 1.73 bits per heavy atom. The van der Waals surface area contributed by atoms with Gasteiger partial charge in [0.1, 0.15) is 0 Å². The lowest BCUT2D eigenvalue weighted by Crippen LogP contribution is -2.32. The fraction of sp³-hybridized carbons (Fsp3) is 0.409. The zero-order chi connectivity index (χ0) is 22.1. The van der Waals surface area contributed by atoms with Gasteiger partial charge in [0, 0.05) is 13.0 Å². The van der Waals surface area contributed by atoms with Crippen LogP contribution in [0.2, 0.25) is 0 Å². The van der Waals surface area contributed by atoms with E-state index in [9.17, 15) is 13.2 Å². The lowest BCUT2D eigenvalue weighted by molar-refractivity contribution is -0.121. The number of ether oxygens (including phenoxy) is 2. The van der Waals surface area contributed by atoms with Crippen LogP contribution >= 0.6 is 0 Å². The summed E-state index contributed by atoms with van der Waals surface area (Å²) < 4.78 is 36.2. The molecule has 0 aliphatic carbocycles. The summed E-state index contributed by atoms with van der Waals surface area (Å²) in [7, 11) is -0.279. The summed E-state index contributed by atoms with van der Waals surface area (Å²) in [5.41, 5.74) is 1.52. The summed E-state index contributed by atoms with van der Waals surface area (Å²) in [6, 6.07) is 14.3. The molecular weight excluding hydrogens is 404 g/mol. The molecular formula is C22H30N2O5S. The first kappa shape index (κ1) is 23.5. The minimum Gasteiger partial charge on any atom is -0.493 e. The maximum atomic E-state index is 12.5. The third-order valence-electron chi connectivity index (χ3n) is 4.76. The van der Waals surface area contributed by atoms with Crippen LogP contribution < -0.4 is 19.1 Å². The Labute approximate surface area is 179 Å². The van der Waals surface area contributed by atoms with Crippen LogP contribution in [0.25, 0.3) is 0 Å². The number of anilines is 1. The minimum absolute atomic E-state index is 0.127. The number of hydrogen-bond donors (Lipinski definition) is 1. The van der Waals surface area contributed by atoms with E-state index >= 15 is 0 Å². The van der Waals surface area contributed by atoms with Crippen LogP contribution in [-0.4, -0.2) is 41.3 Å². The average molecular weight is 435 g/mol. The van der Waals surface area contributed by atoms with Gasteiger partial charge in [0.2, 0.25) is 15.9 Å². The number of methoxy groups -OCH3 is 2. The van der Waals surface area contributed by atoms with E-state index in [1.54, 1.807) is 38.5 Å². The van der Waals surface area contributed by atoms with Crippen LogP contribution in [-0.2, 0) is 14.8 Å². The summed E-state index contributed by atoms with van der Waals surface area (Å²) >= 11 is 0. The van der Waals surface area contributed by atoms with Gasteiger partial charge < -0.3 is 14.8 Å². The highest BCUT2D eigenvalue weighted by Crippen LogP contribution is 2.31. The van der Waals surface area contributed by atoms with Gasteiger partial charge in [0.25, 0.3) is 0 Å². The second kappa shape index (κ2) is 10.9. The molecule has 0 unspecified atom stereocenters. The standard InChI is InChI=1S/C22H30N2O5S/c1-5-19(17-13-14-20(28-2)21(16-17)29-3)23-22(25)12-9-15-24(30(4,26)27)18-10-7-6-8-11-18/h6-8,10-11,13-14,16,19H,5,9,12,15H2,1-4H3,(H,23,25)/t19-/m0/s1. The van der Waals surface area contributed by atoms with Crippen LogP contribution in [0.5, 0.6) is 11.5 Å². The van der Waals surface area contributed by atoms with E-state index in [1.165, 1.54) is 10.6 Å². The third kappa shape index (κ3) is 6.38. The molecule has 0 spiro atoms. The van der Waals surface area contributed by atoms with Gasteiger partial charge in [0.05, 0.1) is 32.2 Å². The second-order valence-electron chi connectivity index (χ2n) is 6.92. The van der Waals surface area contributed by atoms with Gasteiger partial charge in [-0.1, -0.05) is 31.2 Å². The molecule has 30 heavy (non-hydrogen) atoms. The number of benzene rings is 2. The number of nitrogens with one attached hydrogen (secondary N) is 1. The Morgan fingerprint density at radius 1 is 1.07 bits per heavy atom. The molecule has 2 rings (SSSR count). The van der Waals surface area contributed by atoms with E-state index < -0.39 is 10.0 Å². The Kier molecular flexibility index (Phi) is 8.53. The van der Waals surface area contributed by atoms with Crippen molar-refractivity contribution in [3.05, 3.63) is 54.1 Å². The first-order valence-corrected chi connectivity index (χ1v) is 11.7. The van der Waals surface area contributed by atoms with Gasteiger partial charge in [-0.15, -0.1) is 0 Å². The van der Waals surface area contributed by atoms with Crippen molar-refractivity contribution in [3.8, 4) is 11.5 Å². The first-order chi connectivity index (χ1) is 14.3. The molecule has 0 bridgehead atoms. The Balaban J connectivity index is 1.98. The number of nitrogens with zero attached hydrogens (tertiary/aromatic N) is 1. The maximum absolute atomic E-state index is 12.5. The highest BCUT2D eigenvalue weighted by atomic mass is 32.2. The highest BCUT2D eigenvalue weighted by molar-refractivity contribution is 7.92. The lowest BCUT2D eigenvalue weighted by Gasteiger charge is -2.23. The van der Waals surface area contributed by atoms with Gasteiger partial charge in [-0.2, -0.15) is 0 Å². The van der Waals surface area contributed by atoms with Crippen LogP contribution in [0.4, 0.5) is 5.69 Å². The summed E-state index contributed by atoms with van der Waals surface area (Å²) in [5, 5.41) is 3.02. The normalized spacial score (nSPS) is 12.1. The van der Waals surface area contributed by atoms with Crippen molar-refractivity contribution in [1.82, 2.24) is 5.32 Å². The first-order valence-electron chi connectivity index (χ1n) is 9.84. The van der Waals surface area contributed by atoms with E-state index in [-0.39, 0.29) is 24.9 Å². The van der Waals surface area contributed by atoms with Crippen molar-refractivity contribution in [2.75, 3.05) is 31.3 Å². The Bertz CT molecular complexity index is 932. The summed E-state index contributed by atoms with van der Waals surface area (Å²) in [6.07, 6.45) is 2.52. The smallest absolute Gasteiger partial charge is 0.232 e. The third-order valence-corrected chi connectivity index (χ3v) is 5.96. The zero-order valence-electron chi connectivity index (χ0n) is 17.9. The lowest BCUT2D eigenvalue weighted by atomic mass is 10.0. The summed E-state index contributed by atoms with van der Waals surface area (Å²) in [5.74, 6) is 1.11. The molecule has 164 valence electrons. The van der Waals surface area contributed by atoms with E-state index in [2.05, 4.69) is 5.32 Å². The quantitative estimate of drug-likeness (QED) is 0.585. The summed E-state index contributed by atoms with van der Waals surface area (Å²) in [6.45, 7) is 2.23. The van der Waals surface area contributed by atoms with Crippen LogP contribution in [0.1, 0.15) is 37.8 Å². The topological polar surface area (TPSA) is 84.9 Å². The van der Waals surface area contributed by atoms with Crippen molar-refractivity contribution in [3.63, 3.8) is 0 Å². The van der Waals surface area contributed by atoms with E-state index in [0.717, 1.165) is 5.56 Å². The molecule has 2 aromatic carbocycles. The van der Waals surface area contributed by atoms with Crippen LogP contribution in [0.3, 0.4) is 0 Å². The number of amides is 1. The average Bonchev–Trinajstić information content (AvgIpc) is 2.74. The molecule has 8 heteroatoms. The van der Waals surface area contributed by atoms with Crippen molar-refractivity contribution in [2.24, 2.45) is 0 Å². The molecule has 1 N–H and O–H groups in total. The summed E-state index contributed by atoms with van der Waals surface area (Å²) in [4.78, 5) is 12.5. The predicted octanol–water partition coefficient (Wildman–Crippen LogP) is 3.52. The number of carbonyl (C=O) groups excluding carboxylic acids is 1. The monoisotopic (exact) mass is 434 g/mol. The van der Waals surface area contributed by atoms with Gasteiger partial charge in [-0.05, 0) is 42.7 Å². The van der Waals surface area contributed by atoms with E-state index in [4.69, 9.17) is 9.47 Å². The molecule has 1 atom stereocenters. The highest BCUT2D eigenvalue weighted by Gasteiger charge is 2.19. The fourth-order valence-electron chi connectivity index (χ4n) is 3.22. The van der Waals surface area contributed by atoms with E-state index in [1.807, 2.05) is 31.2 Å². The number of para-hydroxylation sites is 1. The van der Waals surface area contributed by atoms with Crippen LogP contribution in [0.15, 0.2) is 48.5 Å². The molecule has 0 heterocycles. The zero-order valence-corrected chi connectivity index (χ0v) is 18.7. The molecule has 0 saturated carbocycles. The minimum atomic E-state index is -3.43. The van der Waals surface area contributed by atoms with Gasteiger partial charge in [-0.3, -0.25) is 9.10 Å². The van der Waals surface area contributed by atoms with Crippen molar-refractivity contribution >= 4 is 21.6 Å². The second-order valence-corrected chi connectivity index (χ2v) is 8.82. The largest absolute Gasteiger partial charge is 0.493 e. The van der Waals surface area contributed by atoms with Crippen molar-refractivity contribution < 1.29 is 22.7 Å². The Morgan fingerprint density at radius 3 is 2.30 bits per heavy atom. The number of rotatable bonds is 11. The molecule has 0 saturated heterocycles. The molecule has 0 aliphatic heterocycles. The number of carbonyl (C=O) groups is 1. The van der Waals surface area contributed by atoms with Gasteiger partial charge >= 0.3 is 0 Å². The van der Waals surface area contributed by atoms with E-state index in [0.29, 0.717) is 30.0 Å². The number of sulfonamides is 1. The molecule has 0 aliphatic rings. The maximum Gasteiger partial charge on any atom is 0.232 e.